The molecule has 0 radical (unpaired) electrons. The molecule has 1 amide bonds. The number of hydrogen-bond acceptors (Lipinski definition) is 5. The second-order valence-corrected chi connectivity index (χ2v) is 5.79. The van der Waals surface area contributed by atoms with Gasteiger partial charge < -0.3 is 9.73 Å². The molecule has 114 valence electrons. The van der Waals surface area contributed by atoms with Gasteiger partial charge in [0, 0.05) is 28.7 Å². The predicted octanol–water partition coefficient (Wildman–Crippen LogP) is 2.60. The van der Waals surface area contributed by atoms with E-state index in [2.05, 4.69) is 20.5 Å². The van der Waals surface area contributed by atoms with Crippen molar-refractivity contribution in [2.75, 3.05) is 0 Å². The quantitative estimate of drug-likeness (QED) is 0.758. The molecule has 2 N–H and O–H groups in total. The lowest BCUT2D eigenvalue weighted by molar-refractivity contribution is -0.120. The summed E-state index contributed by atoms with van der Waals surface area (Å²) in [5, 5.41) is 13.6. The van der Waals surface area contributed by atoms with Gasteiger partial charge in [0.2, 0.25) is 11.8 Å². The highest BCUT2D eigenvalue weighted by atomic mass is 32.1. The zero-order valence-corrected chi connectivity index (χ0v) is 13.2. The third-order valence-electron chi connectivity index (χ3n) is 3.40. The Morgan fingerprint density at radius 3 is 3.00 bits per heavy atom. The second-order valence-electron chi connectivity index (χ2n) is 5.01. The van der Waals surface area contributed by atoms with Crippen molar-refractivity contribution in [1.29, 1.82) is 0 Å². The highest BCUT2D eigenvalue weighted by Crippen LogP contribution is 2.23. The first kappa shape index (κ1) is 14.5. The van der Waals surface area contributed by atoms with Crippen molar-refractivity contribution in [2.45, 2.75) is 26.8 Å². The van der Waals surface area contributed by atoms with Gasteiger partial charge in [-0.25, -0.2) is 4.98 Å². The van der Waals surface area contributed by atoms with Gasteiger partial charge in [0.25, 0.3) is 0 Å². The first-order valence-electron chi connectivity index (χ1n) is 6.88. The number of carbonyl (C=O) groups is 1. The fraction of sp³-hybridized carbons (Fsp3) is 0.267. The van der Waals surface area contributed by atoms with Crippen molar-refractivity contribution in [3.05, 3.63) is 45.7 Å². The molecule has 0 fully saturated rings. The Morgan fingerprint density at radius 2 is 2.32 bits per heavy atom. The van der Waals surface area contributed by atoms with Gasteiger partial charge in [0.1, 0.15) is 5.76 Å². The van der Waals surface area contributed by atoms with E-state index in [4.69, 9.17) is 4.42 Å². The van der Waals surface area contributed by atoms with Gasteiger partial charge in [-0.15, -0.1) is 0 Å². The van der Waals surface area contributed by atoms with Crippen molar-refractivity contribution in [3.8, 4) is 11.5 Å². The lowest BCUT2D eigenvalue weighted by atomic mass is 10.2. The average Bonchev–Trinajstić information content (AvgIpc) is 3.19. The number of aromatic amines is 1. The van der Waals surface area contributed by atoms with Gasteiger partial charge in [-0.2, -0.15) is 16.4 Å². The Labute approximate surface area is 131 Å². The van der Waals surface area contributed by atoms with E-state index in [1.54, 1.807) is 17.5 Å². The number of amides is 1. The Hall–Kier alpha value is -2.41. The number of H-pyrrole nitrogens is 1. The van der Waals surface area contributed by atoms with Gasteiger partial charge >= 0.3 is 0 Å². The maximum atomic E-state index is 12.0. The Balaban J connectivity index is 1.63. The summed E-state index contributed by atoms with van der Waals surface area (Å²) in [5.41, 5.74) is 3.54. The molecule has 3 rings (SSSR count). The Morgan fingerprint density at radius 1 is 1.45 bits per heavy atom. The van der Waals surface area contributed by atoms with Crippen LogP contribution in [0.2, 0.25) is 0 Å². The summed E-state index contributed by atoms with van der Waals surface area (Å²) in [5.74, 6) is 1.15. The molecule has 6 nitrogen and oxygen atoms in total. The molecule has 0 aliphatic heterocycles. The lowest BCUT2D eigenvalue weighted by Gasteiger charge is -2.03. The zero-order chi connectivity index (χ0) is 15.5. The van der Waals surface area contributed by atoms with Crippen LogP contribution in [0, 0.1) is 13.8 Å². The third-order valence-corrected chi connectivity index (χ3v) is 4.08. The van der Waals surface area contributed by atoms with Gasteiger partial charge in [0.15, 0.2) is 0 Å². The van der Waals surface area contributed by atoms with Crippen LogP contribution in [0.4, 0.5) is 0 Å². The van der Waals surface area contributed by atoms with Crippen LogP contribution < -0.4 is 5.32 Å². The highest BCUT2D eigenvalue weighted by Gasteiger charge is 2.15. The van der Waals surface area contributed by atoms with E-state index in [0.29, 0.717) is 23.9 Å². The summed E-state index contributed by atoms with van der Waals surface area (Å²) in [6, 6.07) is 1.95. The van der Waals surface area contributed by atoms with Crippen molar-refractivity contribution < 1.29 is 9.21 Å². The predicted molar refractivity (Wildman–Crippen MR) is 83.4 cm³/mol. The third kappa shape index (κ3) is 3.09. The second kappa shape index (κ2) is 6.15. The van der Waals surface area contributed by atoms with E-state index in [0.717, 1.165) is 16.8 Å². The number of hydrogen-bond donors (Lipinski definition) is 2. The average molecular weight is 316 g/mol. The molecule has 0 unspecified atom stereocenters. The fourth-order valence-corrected chi connectivity index (χ4v) is 2.69. The van der Waals surface area contributed by atoms with Gasteiger partial charge in [-0.3, -0.25) is 9.89 Å². The van der Waals surface area contributed by atoms with Crippen LogP contribution in [0.5, 0.6) is 0 Å². The molecule has 0 saturated heterocycles. The molecule has 3 aromatic heterocycles. The van der Waals surface area contributed by atoms with Crippen LogP contribution in [0.25, 0.3) is 11.5 Å². The Kier molecular flexibility index (Phi) is 4.06. The monoisotopic (exact) mass is 316 g/mol. The summed E-state index contributed by atoms with van der Waals surface area (Å²) < 4.78 is 5.63. The SMILES string of the molecule is Cc1[nH]ncc1CNC(=O)Cc1nc(-c2ccsc2)oc1C. The summed E-state index contributed by atoms with van der Waals surface area (Å²) in [4.78, 5) is 16.5. The number of nitrogens with one attached hydrogen (secondary N) is 2. The first-order valence-corrected chi connectivity index (χ1v) is 7.82. The van der Waals surface area contributed by atoms with E-state index in [9.17, 15) is 4.79 Å². The van der Waals surface area contributed by atoms with Crippen LogP contribution in [0.15, 0.2) is 27.4 Å². The number of aromatic nitrogens is 3. The van der Waals surface area contributed by atoms with E-state index in [1.807, 2.05) is 30.7 Å². The zero-order valence-electron chi connectivity index (χ0n) is 12.3. The normalized spacial score (nSPS) is 10.8. The summed E-state index contributed by atoms with van der Waals surface area (Å²) >= 11 is 1.58. The maximum Gasteiger partial charge on any atom is 0.227 e. The standard InChI is InChI=1S/C15H16N4O2S/c1-9-12(7-17-19-9)6-16-14(20)5-13-10(2)21-15(18-13)11-3-4-22-8-11/h3-4,7-8H,5-6H2,1-2H3,(H,16,20)(H,17,19). The minimum Gasteiger partial charge on any atom is -0.441 e. The molecule has 0 atom stereocenters. The summed E-state index contributed by atoms with van der Waals surface area (Å²) in [7, 11) is 0. The molecule has 0 aliphatic carbocycles. The lowest BCUT2D eigenvalue weighted by Crippen LogP contribution is -2.25. The summed E-state index contributed by atoms with van der Waals surface area (Å²) in [6.45, 7) is 4.20. The van der Waals surface area contributed by atoms with Crippen LogP contribution >= 0.6 is 11.3 Å². The molecule has 3 aromatic rings. The number of oxazole rings is 1. The van der Waals surface area contributed by atoms with Gasteiger partial charge in [-0.05, 0) is 25.3 Å². The summed E-state index contributed by atoms with van der Waals surface area (Å²) in [6.07, 6.45) is 1.92. The molecule has 0 spiro atoms. The van der Waals surface area contributed by atoms with Crippen molar-refractivity contribution >= 4 is 17.2 Å². The van der Waals surface area contributed by atoms with Crippen molar-refractivity contribution in [1.82, 2.24) is 20.5 Å². The van der Waals surface area contributed by atoms with Crippen LogP contribution in [0.1, 0.15) is 22.7 Å². The van der Waals surface area contributed by atoms with Crippen molar-refractivity contribution in [3.63, 3.8) is 0 Å². The van der Waals surface area contributed by atoms with Crippen molar-refractivity contribution in [2.24, 2.45) is 0 Å². The molecule has 0 saturated carbocycles. The number of thiophene rings is 1. The molecule has 22 heavy (non-hydrogen) atoms. The fourth-order valence-electron chi connectivity index (χ4n) is 2.06. The van der Waals surface area contributed by atoms with Crippen LogP contribution in [-0.4, -0.2) is 21.1 Å². The minimum absolute atomic E-state index is 0.0890. The molecular weight excluding hydrogens is 300 g/mol. The number of carbonyl (C=O) groups excluding carboxylic acids is 1. The van der Waals surface area contributed by atoms with E-state index < -0.39 is 0 Å². The number of rotatable bonds is 5. The first-order chi connectivity index (χ1) is 10.6. The number of aryl methyl sites for hydroxylation is 2. The van der Waals surface area contributed by atoms with E-state index in [-0.39, 0.29) is 12.3 Å². The smallest absolute Gasteiger partial charge is 0.227 e. The Bertz CT molecular complexity index is 773. The molecular formula is C15H16N4O2S. The topological polar surface area (TPSA) is 83.8 Å². The highest BCUT2D eigenvalue weighted by molar-refractivity contribution is 7.08. The largest absolute Gasteiger partial charge is 0.441 e. The molecule has 3 heterocycles. The molecule has 0 aliphatic rings. The molecule has 0 bridgehead atoms. The molecule has 7 heteroatoms. The van der Waals surface area contributed by atoms with Gasteiger partial charge in [-0.1, -0.05) is 0 Å². The minimum atomic E-state index is -0.0890. The number of nitrogens with zero attached hydrogens (tertiary/aromatic N) is 2. The van der Waals surface area contributed by atoms with Crippen LogP contribution in [-0.2, 0) is 17.8 Å². The molecule has 0 aromatic carbocycles. The van der Waals surface area contributed by atoms with E-state index in [1.165, 1.54) is 0 Å². The van der Waals surface area contributed by atoms with E-state index >= 15 is 0 Å². The van der Waals surface area contributed by atoms with Crippen LogP contribution in [0.3, 0.4) is 0 Å². The maximum absolute atomic E-state index is 12.0. The van der Waals surface area contributed by atoms with Gasteiger partial charge in [0.05, 0.1) is 18.3 Å².